The number of amides is 1. The molecule has 37 heavy (non-hydrogen) atoms. The first-order valence-corrected chi connectivity index (χ1v) is 12.5. The minimum atomic E-state index is -0.994. The minimum Gasteiger partial charge on any atom is -0.507 e. The molecule has 0 saturated carbocycles. The van der Waals surface area contributed by atoms with Gasteiger partial charge >= 0.3 is 5.91 Å². The summed E-state index contributed by atoms with van der Waals surface area (Å²) in [5.74, 6) is -1.06. The molecule has 9 heteroatoms. The van der Waals surface area contributed by atoms with E-state index in [-0.39, 0.29) is 22.6 Å². The highest BCUT2D eigenvalue weighted by atomic mass is 32.1. The Labute approximate surface area is 215 Å². The fourth-order valence-electron chi connectivity index (χ4n) is 4.84. The number of aliphatic hydroxyl groups is 1. The monoisotopic (exact) mass is 516 g/mol. The molecule has 0 radical (unpaired) electrons. The molecular formula is C28H21FN2O5S. The van der Waals surface area contributed by atoms with Gasteiger partial charge in [-0.05, 0) is 66.6 Å². The van der Waals surface area contributed by atoms with Gasteiger partial charge in [0, 0.05) is 12.0 Å². The van der Waals surface area contributed by atoms with Gasteiger partial charge in [-0.3, -0.25) is 14.5 Å². The van der Waals surface area contributed by atoms with Crippen molar-refractivity contribution in [3.63, 3.8) is 0 Å². The third kappa shape index (κ3) is 3.82. The van der Waals surface area contributed by atoms with Crippen molar-refractivity contribution in [2.24, 2.45) is 0 Å². The molecule has 2 unspecified atom stereocenters. The van der Waals surface area contributed by atoms with Crippen molar-refractivity contribution in [1.29, 1.82) is 0 Å². The molecule has 0 bridgehead atoms. The van der Waals surface area contributed by atoms with E-state index < -0.39 is 23.5 Å². The third-order valence-electron chi connectivity index (χ3n) is 6.59. The summed E-state index contributed by atoms with van der Waals surface area (Å²) >= 11 is 1.22. The molecule has 1 fully saturated rings. The minimum absolute atomic E-state index is 0.00912. The molecule has 186 valence electrons. The number of Topliss-reactive ketones (excluding diaryl/α,β-unsaturated/α-hetero) is 1. The van der Waals surface area contributed by atoms with E-state index in [0.717, 1.165) is 16.0 Å². The second-order valence-electron chi connectivity index (χ2n) is 9.01. The number of methoxy groups -OCH3 is 1. The summed E-state index contributed by atoms with van der Waals surface area (Å²) in [5.41, 5.74) is 2.32. The lowest BCUT2D eigenvalue weighted by molar-refractivity contribution is -0.132. The summed E-state index contributed by atoms with van der Waals surface area (Å²) in [6.45, 7) is 1.95. The van der Waals surface area contributed by atoms with Gasteiger partial charge in [0.1, 0.15) is 29.2 Å². The first-order valence-electron chi connectivity index (χ1n) is 11.6. The molecule has 2 atom stereocenters. The van der Waals surface area contributed by atoms with Crippen LogP contribution in [0.1, 0.15) is 29.7 Å². The van der Waals surface area contributed by atoms with E-state index in [2.05, 4.69) is 4.98 Å². The van der Waals surface area contributed by atoms with Crippen molar-refractivity contribution >= 4 is 44.1 Å². The first-order chi connectivity index (χ1) is 17.8. The van der Waals surface area contributed by atoms with E-state index in [4.69, 9.17) is 9.47 Å². The number of carbonyl (C=O) groups is 2. The Hall–Kier alpha value is -4.24. The number of aliphatic hydroxyl groups excluding tert-OH is 1. The highest BCUT2D eigenvalue weighted by molar-refractivity contribution is 7.22. The predicted octanol–water partition coefficient (Wildman–Crippen LogP) is 5.39. The average molecular weight is 517 g/mol. The number of rotatable bonds is 4. The van der Waals surface area contributed by atoms with E-state index in [0.29, 0.717) is 28.8 Å². The lowest BCUT2D eigenvalue weighted by Crippen LogP contribution is -2.29. The molecule has 1 saturated heterocycles. The fraction of sp³-hybridized carbons (Fsp3) is 0.179. The Morgan fingerprint density at radius 2 is 1.92 bits per heavy atom. The van der Waals surface area contributed by atoms with E-state index in [1.54, 1.807) is 43.5 Å². The highest BCUT2D eigenvalue weighted by Crippen LogP contribution is 2.45. The first kappa shape index (κ1) is 23.2. The van der Waals surface area contributed by atoms with Crippen LogP contribution >= 0.6 is 11.3 Å². The Morgan fingerprint density at radius 3 is 2.68 bits per heavy atom. The van der Waals surface area contributed by atoms with Gasteiger partial charge in [-0.1, -0.05) is 23.5 Å². The van der Waals surface area contributed by atoms with Crippen LogP contribution in [0.15, 0.2) is 66.2 Å². The Bertz CT molecular complexity index is 1610. The standard InChI is InChI=1S/C28H21FN2O5S/c1-14-11-17-12-16(5-10-21(17)36-14)25(32)23-24(15-3-6-18(29)7-4-15)31(27(34)26(23)33)28-30-20-9-8-19(35-2)13-22(20)37-28/h3-10,12-14,24,32H,11H2,1-2H3/b25-23-. The number of fused-ring (bicyclic) bond motifs is 2. The number of ether oxygens (including phenoxy) is 2. The molecular weight excluding hydrogens is 495 g/mol. The van der Waals surface area contributed by atoms with Gasteiger partial charge in [-0.25, -0.2) is 9.37 Å². The second kappa shape index (κ2) is 8.70. The molecule has 1 aromatic heterocycles. The van der Waals surface area contributed by atoms with Crippen molar-refractivity contribution < 1.29 is 28.6 Å². The van der Waals surface area contributed by atoms with Gasteiger partial charge in [-0.2, -0.15) is 0 Å². The Kier molecular flexibility index (Phi) is 5.45. The van der Waals surface area contributed by atoms with Crippen LogP contribution in [-0.4, -0.2) is 35.0 Å². The van der Waals surface area contributed by atoms with Crippen LogP contribution in [0, 0.1) is 5.82 Å². The number of hydrogen-bond acceptors (Lipinski definition) is 7. The number of ketones is 1. The number of aromatic nitrogens is 1. The van der Waals surface area contributed by atoms with Crippen LogP contribution in [0.25, 0.3) is 16.0 Å². The SMILES string of the molecule is COc1ccc2nc(N3C(=O)C(=O)/C(=C(\O)c4ccc5c(c4)CC(C)O5)C3c3ccc(F)cc3)sc2c1. The van der Waals surface area contributed by atoms with Crippen LogP contribution in [0.2, 0.25) is 0 Å². The summed E-state index contributed by atoms with van der Waals surface area (Å²) in [4.78, 5) is 32.7. The van der Waals surface area contributed by atoms with E-state index in [1.165, 1.54) is 40.5 Å². The zero-order valence-corrected chi connectivity index (χ0v) is 20.7. The second-order valence-corrected chi connectivity index (χ2v) is 10.0. The number of anilines is 1. The van der Waals surface area contributed by atoms with Crippen LogP contribution in [-0.2, 0) is 16.0 Å². The number of hydrogen-bond donors (Lipinski definition) is 1. The van der Waals surface area contributed by atoms with Crippen LogP contribution in [0.4, 0.5) is 9.52 Å². The lowest BCUT2D eigenvalue weighted by Gasteiger charge is -2.23. The van der Waals surface area contributed by atoms with E-state index in [1.807, 2.05) is 6.92 Å². The molecule has 3 heterocycles. The molecule has 0 aliphatic carbocycles. The average Bonchev–Trinajstić information content (AvgIpc) is 3.55. The maximum Gasteiger partial charge on any atom is 0.301 e. The number of halogens is 1. The van der Waals surface area contributed by atoms with Crippen molar-refractivity contribution in [3.05, 3.63) is 88.7 Å². The van der Waals surface area contributed by atoms with E-state index in [9.17, 15) is 19.1 Å². The zero-order valence-electron chi connectivity index (χ0n) is 19.9. The normalized spacial score (nSPS) is 20.4. The Balaban J connectivity index is 1.52. The maximum absolute atomic E-state index is 13.8. The third-order valence-corrected chi connectivity index (χ3v) is 7.61. The van der Waals surface area contributed by atoms with Gasteiger partial charge < -0.3 is 14.6 Å². The van der Waals surface area contributed by atoms with Crippen molar-refractivity contribution in [2.75, 3.05) is 12.0 Å². The molecule has 3 aromatic carbocycles. The summed E-state index contributed by atoms with van der Waals surface area (Å²) < 4.78 is 25.6. The molecule has 6 rings (SSSR count). The summed E-state index contributed by atoms with van der Waals surface area (Å²) in [7, 11) is 1.56. The van der Waals surface area contributed by atoms with Gasteiger partial charge in [0.25, 0.3) is 5.78 Å². The van der Waals surface area contributed by atoms with Gasteiger partial charge in [0.15, 0.2) is 5.13 Å². The largest absolute Gasteiger partial charge is 0.507 e. The number of thiazole rings is 1. The van der Waals surface area contributed by atoms with Gasteiger partial charge in [0.2, 0.25) is 0 Å². The molecule has 2 aliphatic heterocycles. The maximum atomic E-state index is 13.8. The number of nitrogens with zero attached hydrogens (tertiary/aromatic N) is 2. The zero-order chi connectivity index (χ0) is 25.8. The molecule has 7 nitrogen and oxygen atoms in total. The number of carbonyl (C=O) groups excluding carboxylic acids is 2. The van der Waals surface area contributed by atoms with E-state index >= 15 is 0 Å². The summed E-state index contributed by atoms with van der Waals surface area (Å²) in [6, 6.07) is 15.0. The molecule has 4 aromatic rings. The van der Waals surface area contributed by atoms with Crippen molar-refractivity contribution in [1.82, 2.24) is 4.98 Å². The quantitative estimate of drug-likeness (QED) is 0.222. The van der Waals surface area contributed by atoms with Gasteiger partial charge in [-0.15, -0.1) is 0 Å². The smallest absolute Gasteiger partial charge is 0.301 e. The van der Waals surface area contributed by atoms with Gasteiger partial charge in [0.05, 0.1) is 28.9 Å². The lowest BCUT2D eigenvalue weighted by atomic mass is 9.94. The summed E-state index contributed by atoms with van der Waals surface area (Å²) in [5, 5.41) is 11.7. The summed E-state index contributed by atoms with van der Waals surface area (Å²) in [6.07, 6.45) is 0.677. The molecule has 2 aliphatic rings. The molecule has 1 amide bonds. The fourth-order valence-corrected chi connectivity index (χ4v) is 5.86. The molecule has 0 spiro atoms. The molecule has 1 N–H and O–H groups in total. The number of benzene rings is 3. The van der Waals surface area contributed by atoms with Crippen LogP contribution in [0.5, 0.6) is 11.5 Å². The Morgan fingerprint density at radius 1 is 1.14 bits per heavy atom. The van der Waals surface area contributed by atoms with Crippen molar-refractivity contribution in [3.8, 4) is 11.5 Å². The van der Waals surface area contributed by atoms with Crippen LogP contribution < -0.4 is 14.4 Å². The van der Waals surface area contributed by atoms with Crippen molar-refractivity contribution in [2.45, 2.75) is 25.5 Å². The highest BCUT2D eigenvalue weighted by Gasteiger charge is 2.48. The topological polar surface area (TPSA) is 89.0 Å². The van der Waals surface area contributed by atoms with Crippen LogP contribution in [0.3, 0.4) is 0 Å². The predicted molar refractivity (Wildman–Crippen MR) is 138 cm³/mol.